The second-order valence-electron chi connectivity index (χ2n) is 7.02. The fourth-order valence-corrected chi connectivity index (χ4v) is 5.14. The average molecular weight is 396 g/mol. The maximum Gasteiger partial charge on any atom is 0.264 e. The van der Waals surface area contributed by atoms with Crippen LogP contribution < -0.4 is 15.6 Å². The summed E-state index contributed by atoms with van der Waals surface area (Å²) in [6.45, 7) is 4.93. The van der Waals surface area contributed by atoms with Gasteiger partial charge in [0.1, 0.15) is 10.6 Å². The van der Waals surface area contributed by atoms with Gasteiger partial charge in [0, 0.05) is 18.0 Å². The van der Waals surface area contributed by atoms with Gasteiger partial charge in [0.05, 0.1) is 12.5 Å². The highest BCUT2D eigenvalue weighted by Gasteiger charge is 2.21. The highest BCUT2D eigenvalue weighted by molar-refractivity contribution is 7.18. The molecular weight excluding hydrogens is 370 g/mol. The summed E-state index contributed by atoms with van der Waals surface area (Å²) in [5.41, 5.74) is 2.40. The average Bonchev–Trinajstić information content (AvgIpc) is 3.09. The van der Waals surface area contributed by atoms with Crippen molar-refractivity contribution in [2.75, 3.05) is 19.0 Å². The van der Waals surface area contributed by atoms with Crippen molar-refractivity contribution in [2.45, 2.75) is 38.6 Å². The minimum atomic E-state index is 0.0455. The molecule has 5 nitrogen and oxygen atoms in total. The molecule has 4 rings (SSSR count). The lowest BCUT2D eigenvalue weighted by Gasteiger charge is -2.14. The molecule has 1 aliphatic carbocycles. The Morgan fingerprint density at radius 1 is 1.32 bits per heavy atom. The molecule has 2 heterocycles. The zero-order valence-electron chi connectivity index (χ0n) is 16.2. The first-order valence-electron chi connectivity index (χ1n) is 9.74. The van der Waals surface area contributed by atoms with Crippen LogP contribution in [0.3, 0.4) is 0 Å². The number of para-hydroxylation sites is 1. The summed E-state index contributed by atoms with van der Waals surface area (Å²) in [4.78, 5) is 20.2. The molecule has 0 bridgehead atoms. The molecule has 0 atom stereocenters. The second kappa shape index (κ2) is 8.19. The molecule has 0 radical (unpaired) electrons. The number of hydrogen-bond donors (Lipinski definition) is 1. The molecule has 6 heteroatoms. The summed E-state index contributed by atoms with van der Waals surface area (Å²) in [5.74, 6) is 1.49. The van der Waals surface area contributed by atoms with Crippen LogP contribution in [0.5, 0.6) is 5.75 Å². The second-order valence-corrected chi connectivity index (χ2v) is 8.10. The molecule has 146 valence electrons. The Bertz CT molecular complexity index is 1070. The summed E-state index contributed by atoms with van der Waals surface area (Å²) in [5, 5.41) is 4.18. The predicted octanol–water partition coefficient (Wildman–Crippen LogP) is 4.19. The first-order valence-corrected chi connectivity index (χ1v) is 10.6. The number of benzene rings is 1. The van der Waals surface area contributed by atoms with Crippen molar-refractivity contribution in [3.63, 3.8) is 0 Å². The van der Waals surface area contributed by atoms with Crippen molar-refractivity contribution in [1.29, 1.82) is 0 Å². The summed E-state index contributed by atoms with van der Waals surface area (Å²) in [6, 6.07) is 7.99. The van der Waals surface area contributed by atoms with Gasteiger partial charge in [0.25, 0.3) is 5.56 Å². The van der Waals surface area contributed by atoms with Crippen molar-refractivity contribution < 1.29 is 4.74 Å². The fraction of sp³-hybridized carbons (Fsp3) is 0.364. The maximum absolute atomic E-state index is 13.2. The Morgan fingerprint density at radius 2 is 2.14 bits per heavy atom. The van der Waals surface area contributed by atoms with Gasteiger partial charge in [-0.3, -0.25) is 9.36 Å². The molecule has 2 aromatic heterocycles. The smallest absolute Gasteiger partial charge is 0.264 e. The highest BCUT2D eigenvalue weighted by Crippen LogP contribution is 2.34. The molecule has 0 aliphatic heterocycles. The van der Waals surface area contributed by atoms with Gasteiger partial charge in [-0.2, -0.15) is 0 Å². The largest absolute Gasteiger partial charge is 0.496 e. The lowest BCUT2D eigenvalue weighted by molar-refractivity contribution is 0.410. The number of hydrogen-bond acceptors (Lipinski definition) is 5. The van der Waals surface area contributed by atoms with Gasteiger partial charge in [0.15, 0.2) is 0 Å². The number of anilines is 1. The molecule has 0 saturated carbocycles. The number of aryl methyl sites for hydroxylation is 2. The molecular formula is C22H25N3O2S. The topological polar surface area (TPSA) is 56.1 Å². The summed E-state index contributed by atoms with van der Waals surface area (Å²) < 4.78 is 7.13. The van der Waals surface area contributed by atoms with Crippen LogP contribution in [0, 0.1) is 0 Å². The minimum Gasteiger partial charge on any atom is -0.496 e. The van der Waals surface area contributed by atoms with Gasteiger partial charge in [-0.25, -0.2) is 4.98 Å². The van der Waals surface area contributed by atoms with Gasteiger partial charge in [0.2, 0.25) is 5.95 Å². The van der Waals surface area contributed by atoms with E-state index in [1.807, 2.05) is 18.2 Å². The number of nitrogens with one attached hydrogen (secondary N) is 1. The molecule has 3 aromatic rings. The van der Waals surface area contributed by atoms with E-state index in [1.54, 1.807) is 29.1 Å². The van der Waals surface area contributed by atoms with E-state index < -0.39 is 0 Å². The zero-order valence-corrected chi connectivity index (χ0v) is 17.0. The minimum absolute atomic E-state index is 0.0455. The van der Waals surface area contributed by atoms with Gasteiger partial charge in [-0.1, -0.05) is 24.3 Å². The predicted molar refractivity (Wildman–Crippen MR) is 116 cm³/mol. The van der Waals surface area contributed by atoms with Gasteiger partial charge >= 0.3 is 0 Å². The lowest BCUT2D eigenvalue weighted by atomic mass is 9.97. The highest BCUT2D eigenvalue weighted by atomic mass is 32.1. The zero-order chi connectivity index (χ0) is 19.5. The van der Waals surface area contributed by atoms with Crippen LogP contribution in [0.15, 0.2) is 41.7 Å². The monoisotopic (exact) mass is 395 g/mol. The Kier molecular flexibility index (Phi) is 5.48. The number of thiophene rings is 1. The van der Waals surface area contributed by atoms with Crippen molar-refractivity contribution >= 4 is 27.5 Å². The Hall–Kier alpha value is -2.60. The maximum atomic E-state index is 13.2. The van der Waals surface area contributed by atoms with Crippen LogP contribution in [0.25, 0.3) is 10.2 Å². The molecule has 0 fully saturated rings. The molecule has 0 amide bonds. The first kappa shape index (κ1) is 18.7. The standard InChI is InChI=1S/C22H25N3O2S/c1-3-14-25-21(26)19-16-9-5-7-11-18(16)28-20(19)24-22(25)23-13-12-15-8-4-6-10-17(15)27-2/h3-4,6,8,10H,1,5,7,9,11-14H2,2H3,(H,23,24). The van der Waals surface area contributed by atoms with Gasteiger partial charge in [-0.15, -0.1) is 17.9 Å². The normalized spacial score (nSPS) is 13.3. The van der Waals surface area contributed by atoms with E-state index in [-0.39, 0.29) is 5.56 Å². The third-order valence-electron chi connectivity index (χ3n) is 5.26. The van der Waals surface area contributed by atoms with E-state index in [4.69, 9.17) is 9.72 Å². The van der Waals surface area contributed by atoms with Crippen molar-refractivity contribution in [1.82, 2.24) is 9.55 Å². The third-order valence-corrected chi connectivity index (χ3v) is 6.44. The quantitative estimate of drug-likeness (QED) is 0.610. The first-order chi connectivity index (χ1) is 13.7. The molecule has 0 unspecified atom stereocenters. The number of ether oxygens (including phenoxy) is 1. The Balaban J connectivity index is 1.65. The van der Waals surface area contributed by atoms with E-state index in [2.05, 4.69) is 18.0 Å². The van der Waals surface area contributed by atoms with Gasteiger partial charge in [-0.05, 0) is 49.3 Å². The number of rotatable bonds is 7. The number of allylic oxidation sites excluding steroid dienone is 1. The SMILES string of the molecule is C=CCn1c(NCCc2ccccc2OC)nc2sc3c(c2c1=O)CCCC3. The van der Waals surface area contributed by atoms with E-state index in [9.17, 15) is 4.79 Å². The van der Waals surface area contributed by atoms with Crippen molar-refractivity contribution in [3.05, 3.63) is 63.3 Å². The molecule has 0 saturated heterocycles. The van der Waals surface area contributed by atoms with Crippen molar-refractivity contribution in [3.8, 4) is 5.75 Å². The van der Waals surface area contributed by atoms with Crippen LogP contribution in [0.4, 0.5) is 5.95 Å². The lowest BCUT2D eigenvalue weighted by Crippen LogP contribution is -2.25. The van der Waals surface area contributed by atoms with Gasteiger partial charge < -0.3 is 10.1 Å². The number of fused-ring (bicyclic) bond motifs is 3. The summed E-state index contributed by atoms with van der Waals surface area (Å²) in [6.07, 6.45) is 6.93. The van der Waals surface area contributed by atoms with Crippen LogP contribution in [-0.4, -0.2) is 23.2 Å². The molecule has 1 N–H and O–H groups in total. The molecule has 1 aromatic carbocycles. The van der Waals surface area contributed by atoms with E-state index in [1.165, 1.54) is 16.9 Å². The van der Waals surface area contributed by atoms with E-state index in [0.717, 1.165) is 47.2 Å². The summed E-state index contributed by atoms with van der Waals surface area (Å²) in [7, 11) is 1.68. The summed E-state index contributed by atoms with van der Waals surface area (Å²) >= 11 is 1.68. The molecule has 0 spiro atoms. The number of nitrogens with zero attached hydrogens (tertiary/aromatic N) is 2. The molecule has 28 heavy (non-hydrogen) atoms. The number of methoxy groups -OCH3 is 1. The third kappa shape index (κ3) is 3.44. The molecule has 1 aliphatic rings. The van der Waals surface area contributed by atoms with Crippen LogP contribution in [0.1, 0.15) is 28.8 Å². The Labute approximate surface area is 168 Å². The van der Waals surface area contributed by atoms with E-state index >= 15 is 0 Å². The van der Waals surface area contributed by atoms with Crippen LogP contribution >= 0.6 is 11.3 Å². The Morgan fingerprint density at radius 3 is 2.96 bits per heavy atom. The fourth-order valence-electron chi connectivity index (χ4n) is 3.89. The van der Waals surface area contributed by atoms with Crippen molar-refractivity contribution in [2.24, 2.45) is 0 Å². The number of aromatic nitrogens is 2. The van der Waals surface area contributed by atoms with Crippen LogP contribution in [0.2, 0.25) is 0 Å². The van der Waals surface area contributed by atoms with E-state index in [0.29, 0.717) is 19.0 Å². The van der Waals surface area contributed by atoms with Crippen LogP contribution in [-0.2, 0) is 25.8 Å².